The van der Waals surface area contributed by atoms with E-state index in [0.717, 1.165) is 0 Å². The number of ether oxygens (including phenoxy) is 2. The number of rotatable bonds is 7. The average Bonchev–Trinajstić information content (AvgIpc) is 2.72. The van der Waals surface area contributed by atoms with Gasteiger partial charge >= 0.3 is 5.97 Å². The minimum absolute atomic E-state index is 0.0537. The van der Waals surface area contributed by atoms with E-state index in [9.17, 15) is 18.4 Å². The van der Waals surface area contributed by atoms with Crippen molar-refractivity contribution in [1.29, 1.82) is 0 Å². The second-order valence-electron chi connectivity index (χ2n) is 5.99. The van der Waals surface area contributed by atoms with E-state index in [1.807, 2.05) is 0 Å². The molecule has 0 radical (unpaired) electrons. The van der Waals surface area contributed by atoms with Crippen LogP contribution in [0.25, 0.3) is 0 Å². The first-order chi connectivity index (χ1) is 13.5. The fraction of sp³-hybridized carbons (Fsp3) is 0.0909. The zero-order valence-corrected chi connectivity index (χ0v) is 14.7. The van der Waals surface area contributed by atoms with Gasteiger partial charge in [-0.1, -0.05) is 24.3 Å². The highest BCUT2D eigenvalue weighted by molar-refractivity contribution is 5.94. The Labute approximate surface area is 160 Å². The minimum atomic E-state index is -0.679. The molecule has 0 aromatic heterocycles. The molecule has 0 atom stereocenters. The average molecular weight is 382 g/mol. The zero-order chi connectivity index (χ0) is 19.9. The molecule has 3 aromatic carbocycles. The summed E-state index contributed by atoms with van der Waals surface area (Å²) in [5.74, 6) is -1.18. The Kier molecular flexibility index (Phi) is 6.11. The van der Waals surface area contributed by atoms with Crippen molar-refractivity contribution in [2.24, 2.45) is 0 Å². The number of halogens is 2. The summed E-state index contributed by atoms with van der Waals surface area (Å²) in [6, 6.07) is 15.7. The van der Waals surface area contributed by atoms with Crippen LogP contribution < -0.4 is 4.74 Å². The molecule has 0 spiro atoms. The molecule has 0 aliphatic heterocycles. The second kappa shape index (κ2) is 8.90. The van der Waals surface area contributed by atoms with E-state index in [1.54, 1.807) is 12.1 Å². The van der Waals surface area contributed by atoms with E-state index in [2.05, 4.69) is 0 Å². The van der Waals surface area contributed by atoms with Gasteiger partial charge in [0, 0.05) is 5.56 Å². The van der Waals surface area contributed by atoms with Crippen molar-refractivity contribution in [2.45, 2.75) is 13.2 Å². The molecule has 0 aliphatic carbocycles. The molecular formula is C22H16F2O4. The lowest BCUT2D eigenvalue weighted by Crippen LogP contribution is -2.09. The van der Waals surface area contributed by atoms with Crippen molar-refractivity contribution in [3.8, 4) is 5.75 Å². The van der Waals surface area contributed by atoms with Gasteiger partial charge in [-0.15, -0.1) is 0 Å². The summed E-state index contributed by atoms with van der Waals surface area (Å²) in [5.41, 5.74) is 1.72. The van der Waals surface area contributed by atoms with E-state index in [0.29, 0.717) is 23.0 Å². The lowest BCUT2D eigenvalue weighted by atomic mass is 10.1. The summed E-state index contributed by atoms with van der Waals surface area (Å²) in [7, 11) is 0. The van der Waals surface area contributed by atoms with E-state index in [-0.39, 0.29) is 36.2 Å². The van der Waals surface area contributed by atoms with Gasteiger partial charge in [0.05, 0.1) is 0 Å². The van der Waals surface area contributed by atoms with Gasteiger partial charge in [0.15, 0.2) is 0 Å². The third-order valence-electron chi connectivity index (χ3n) is 3.95. The molecule has 0 saturated heterocycles. The summed E-state index contributed by atoms with van der Waals surface area (Å²) < 4.78 is 36.9. The molecule has 28 heavy (non-hydrogen) atoms. The van der Waals surface area contributed by atoms with Gasteiger partial charge < -0.3 is 9.47 Å². The third-order valence-corrected chi connectivity index (χ3v) is 3.95. The fourth-order valence-electron chi connectivity index (χ4n) is 2.46. The first kappa shape index (κ1) is 19.2. The molecule has 0 bridgehead atoms. The molecule has 0 heterocycles. The lowest BCUT2D eigenvalue weighted by molar-refractivity contribution is 0.0467. The summed E-state index contributed by atoms with van der Waals surface area (Å²) >= 11 is 0. The fourth-order valence-corrected chi connectivity index (χ4v) is 2.46. The van der Waals surface area contributed by atoms with Crippen LogP contribution in [0.1, 0.15) is 31.8 Å². The van der Waals surface area contributed by atoms with Crippen LogP contribution in [0, 0.1) is 11.6 Å². The molecule has 0 amide bonds. The summed E-state index contributed by atoms with van der Waals surface area (Å²) in [4.78, 5) is 23.5. The Morgan fingerprint density at radius 3 is 1.96 bits per heavy atom. The van der Waals surface area contributed by atoms with Crippen LogP contribution in [0.5, 0.6) is 5.75 Å². The van der Waals surface area contributed by atoms with Gasteiger partial charge in [-0.25, -0.2) is 13.6 Å². The minimum Gasteiger partial charge on any atom is -0.488 e. The normalized spacial score (nSPS) is 10.4. The van der Waals surface area contributed by atoms with Gasteiger partial charge in [0.25, 0.3) is 0 Å². The molecule has 4 nitrogen and oxygen atoms in total. The maximum absolute atomic E-state index is 13.0. The molecule has 0 fully saturated rings. The van der Waals surface area contributed by atoms with E-state index in [4.69, 9.17) is 9.47 Å². The third kappa shape index (κ3) is 5.01. The SMILES string of the molecule is O=Cc1ccc(OCc2ccc(F)cc2)c(C(=O)OCc2ccc(F)cc2)c1. The molecule has 0 saturated carbocycles. The number of benzene rings is 3. The van der Waals surface area contributed by atoms with Gasteiger partial charge in [0.2, 0.25) is 0 Å². The van der Waals surface area contributed by atoms with Crippen LogP contribution in [0.3, 0.4) is 0 Å². The first-order valence-corrected chi connectivity index (χ1v) is 8.43. The summed E-state index contributed by atoms with van der Waals surface area (Å²) in [6.07, 6.45) is 0.612. The van der Waals surface area contributed by atoms with Crippen LogP contribution in [0.2, 0.25) is 0 Å². The number of hydrogen-bond acceptors (Lipinski definition) is 4. The standard InChI is InChI=1S/C22H16F2O4/c23-18-6-1-15(2-7-18)13-27-21-10-5-17(12-25)11-20(21)22(26)28-14-16-3-8-19(24)9-4-16/h1-12H,13-14H2. The molecule has 0 aliphatic rings. The van der Waals surface area contributed by atoms with Crippen LogP contribution >= 0.6 is 0 Å². The predicted octanol–water partition coefficient (Wildman–Crippen LogP) is 4.71. The summed E-state index contributed by atoms with van der Waals surface area (Å²) in [5, 5.41) is 0. The highest BCUT2D eigenvalue weighted by atomic mass is 19.1. The number of carbonyl (C=O) groups is 2. The van der Waals surface area contributed by atoms with E-state index < -0.39 is 5.97 Å². The second-order valence-corrected chi connectivity index (χ2v) is 5.99. The maximum Gasteiger partial charge on any atom is 0.342 e. The number of aldehydes is 1. The van der Waals surface area contributed by atoms with Crippen molar-refractivity contribution in [3.05, 3.63) is 101 Å². The molecule has 6 heteroatoms. The van der Waals surface area contributed by atoms with Crippen LogP contribution in [-0.2, 0) is 18.0 Å². The van der Waals surface area contributed by atoms with Crippen molar-refractivity contribution < 1.29 is 27.8 Å². The Bertz CT molecular complexity index is 967. The summed E-state index contributed by atoms with van der Waals surface area (Å²) in [6.45, 7) is 0.0563. The van der Waals surface area contributed by atoms with Crippen molar-refractivity contribution in [1.82, 2.24) is 0 Å². The van der Waals surface area contributed by atoms with Crippen molar-refractivity contribution in [2.75, 3.05) is 0 Å². The van der Waals surface area contributed by atoms with Crippen LogP contribution in [0.15, 0.2) is 66.7 Å². The van der Waals surface area contributed by atoms with E-state index in [1.165, 1.54) is 54.6 Å². The van der Waals surface area contributed by atoms with Gasteiger partial charge in [-0.2, -0.15) is 0 Å². The molecule has 0 unspecified atom stereocenters. The maximum atomic E-state index is 13.0. The zero-order valence-electron chi connectivity index (χ0n) is 14.7. The lowest BCUT2D eigenvalue weighted by Gasteiger charge is -2.12. The van der Waals surface area contributed by atoms with E-state index >= 15 is 0 Å². The van der Waals surface area contributed by atoms with Crippen LogP contribution in [0.4, 0.5) is 8.78 Å². The van der Waals surface area contributed by atoms with Crippen molar-refractivity contribution >= 4 is 12.3 Å². The van der Waals surface area contributed by atoms with Gasteiger partial charge in [-0.3, -0.25) is 4.79 Å². The Morgan fingerprint density at radius 1 is 0.821 bits per heavy atom. The molecule has 142 valence electrons. The number of hydrogen-bond donors (Lipinski definition) is 0. The van der Waals surface area contributed by atoms with Crippen molar-refractivity contribution in [3.63, 3.8) is 0 Å². The van der Waals surface area contributed by atoms with Gasteiger partial charge in [-0.05, 0) is 53.6 Å². The van der Waals surface area contributed by atoms with Gasteiger partial charge in [0.1, 0.15) is 42.4 Å². The van der Waals surface area contributed by atoms with Crippen LogP contribution in [-0.4, -0.2) is 12.3 Å². The smallest absolute Gasteiger partial charge is 0.342 e. The largest absolute Gasteiger partial charge is 0.488 e. The Balaban J connectivity index is 1.73. The quantitative estimate of drug-likeness (QED) is 0.439. The monoisotopic (exact) mass is 382 g/mol. The topological polar surface area (TPSA) is 52.6 Å². The first-order valence-electron chi connectivity index (χ1n) is 8.43. The number of carbonyl (C=O) groups excluding carboxylic acids is 2. The predicted molar refractivity (Wildman–Crippen MR) is 98.1 cm³/mol. The molecular weight excluding hydrogens is 366 g/mol. The Morgan fingerprint density at radius 2 is 1.39 bits per heavy atom. The highest BCUT2D eigenvalue weighted by Crippen LogP contribution is 2.23. The molecule has 3 aromatic rings. The molecule has 3 rings (SSSR count). The highest BCUT2D eigenvalue weighted by Gasteiger charge is 2.16. The Hall–Kier alpha value is -3.54. The number of esters is 1. The molecule has 0 N–H and O–H groups in total.